The first-order chi connectivity index (χ1) is 8.31. The monoisotopic (exact) mass is 241 g/mol. The number of hydrogen-bond acceptors (Lipinski definition) is 3. The molecule has 3 unspecified atom stereocenters. The summed E-state index contributed by atoms with van der Waals surface area (Å²) >= 11 is 0. The van der Waals surface area contributed by atoms with E-state index in [1.165, 1.54) is 38.5 Å². The maximum atomic E-state index is 10.2. The summed E-state index contributed by atoms with van der Waals surface area (Å²) in [4.78, 5) is 2.49. The first-order valence-corrected chi connectivity index (χ1v) is 7.35. The van der Waals surface area contributed by atoms with Crippen molar-refractivity contribution in [2.75, 3.05) is 19.7 Å². The van der Waals surface area contributed by atoms with Crippen molar-refractivity contribution < 1.29 is 9.84 Å². The van der Waals surface area contributed by atoms with Gasteiger partial charge in [-0.3, -0.25) is 4.90 Å². The smallest absolute Gasteiger partial charge is 0.0702 e. The maximum Gasteiger partial charge on any atom is 0.0702 e. The van der Waals surface area contributed by atoms with Crippen LogP contribution in [-0.2, 0) is 4.74 Å². The second kappa shape index (κ2) is 6.72. The Hall–Kier alpha value is -0.120. The molecule has 1 N–H and O–H groups in total. The molecule has 100 valence electrons. The molecule has 0 aromatic carbocycles. The van der Waals surface area contributed by atoms with Gasteiger partial charge in [0.05, 0.1) is 12.2 Å². The molecule has 3 nitrogen and oxygen atoms in total. The molecule has 0 amide bonds. The predicted molar refractivity (Wildman–Crippen MR) is 69.1 cm³/mol. The third-order valence-corrected chi connectivity index (χ3v) is 4.22. The van der Waals surface area contributed by atoms with Crippen LogP contribution in [0.1, 0.15) is 51.9 Å². The van der Waals surface area contributed by atoms with Crippen molar-refractivity contribution in [1.29, 1.82) is 0 Å². The van der Waals surface area contributed by atoms with Gasteiger partial charge >= 0.3 is 0 Å². The van der Waals surface area contributed by atoms with Crippen LogP contribution < -0.4 is 0 Å². The zero-order chi connectivity index (χ0) is 12.1. The van der Waals surface area contributed by atoms with E-state index >= 15 is 0 Å². The second-order valence-electron chi connectivity index (χ2n) is 5.49. The summed E-state index contributed by atoms with van der Waals surface area (Å²) in [6, 6.07) is 0.390. The average molecular weight is 241 g/mol. The maximum absolute atomic E-state index is 10.2. The third kappa shape index (κ3) is 3.67. The fraction of sp³-hybridized carbons (Fsp3) is 1.00. The molecule has 3 heteroatoms. The Bertz CT molecular complexity index is 220. The highest BCUT2D eigenvalue weighted by Gasteiger charge is 2.31. The van der Waals surface area contributed by atoms with Crippen molar-refractivity contribution in [3.8, 4) is 0 Å². The fourth-order valence-corrected chi connectivity index (χ4v) is 3.33. The van der Waals surface area contributed by atoms with Gasteiger partial charge in [-0.25, -0.2) is 0 Å². The van der Waals surface area contributed by atoms with E-state index in [1.54, 1.807) is 0 Å². The molecule has 2 aliphatic rings. The van der Waals surface area contributed by atoms with Gasteiger partial charge < -0.3 is 9.84 Å². The zero-order valence-electron chi connectivity index (χ0n) is 11.1. The van der Waals surface area contributed by atoms with Crippen LogP contribution in [0, 0.1) is 0 Å². The molecule has 1 heterocycles. The van der Waals surface area contributed by atoms with Gasteiger partial charge in [0.15, 0.2) is 0 Å². The lowest BCUT2D eigenvalue weighted by atomic mass is 9.99. The van der Waals surface area contributed by atoms with Crippen LogP contribution in [0.3, 0.4) is 0 Å². The number of nitrogens with zero attached hydrogens (tertiary/aromatic N) is 1. The van der Waals surface area contributed by atoms with Crippen LogP contribution >= 0.6 is 0 Å². The van der Waals surface area contributed by atoms with Gasteiger partial charge in [0.1, 0.15) is 0 Å². The van der Waals surface area contributed by atoms with Gasteiger partial charge in [0, 0.05) is 19.2 Å². The van der Waals surface area contributed by atoms with Gasteiger partial charge in [-0.2, -0.15) is 0 Å². The highest BCUT2D eigenvalue weighted by Crippen LogP contribution is 2.25. The molecule has 2 rings (SSSR count). The molecule has 0 radical (unpaired) electrons. The Kier molecular flexibility index (Phi) is 5.26. The lowest BCUT2D eigenvalue weighted by Crippen LogP contribution is -2.50. The topological polar surface area (TPSA) is 32.7 Å². The number of ether oxygens (including phenoxy) is 1. The highest BCUT2D eigenvalue weighted by atomic mass is 16.5. The summed E-state index contributed by atoms with van der Waals surface area (Å²) in [7, 11) is 0. The largest absolute Gasteiger partial charge is 0.391 e. The van der Waals surface area contributed by atoms with Gasteiger partial charge in [-0.05, 0) is 39.2 Å². The van der Waals surface area contributed by atoms with Crippen molar-refractivity contribution in [2.45, 2.75) is 70.1 Å². The summed E-state index contributed by atoms with van der Waals surface area (Å²) in [5.41, 5.74) is 0. The molecular weight excluding hydrogens is 214 g/mol. The summed E-state index contributed by atoms with van der Waals surface area (Å²) in [5.74, 6) is 0. The summed E-state index contributed by atoms with van der Waals surface area (Å²) < 4.78 is 5.75. The van der Waals surface area contributed by atoms with E-state index in [2.05, 4.69) is 11.8 Å². The molecular formula is C14H27NO2. The summed E-state index contributed by atoms with van der Waals surface area (Å²) in [5, 5.41) is 10.2. The Morgan fingerprint density at radius 3 is 2.76 bits per heavy atom. The molecule has 0 aromatic heterocycles. The normalized spacial score (nSPS) is 36.7. The minimum Gasteiger partial charge on any atom is -0.391 e. The molecule has 1 aliphatic heterocycles. The average Bonchev–Trinajstić information content (AvgIpc) is 2.55. The third-order valence-electron chi connectivity index (χ3n) is 4.22. The predicted octanol–water partition coefficient (Wildman–Crippen LogP) is 2.18. The molecule has 0 bridgehead atoms. The number of aliphatic hydroxyl groups excluding tert-OH is 1. The Labute approximate surface area is 105 Å². The number of piperidine rings is 1. The molecule has 3 atom stereocenters. The molecule has 1 aliphatic carbocycles. The van der Waals surface area contributed by atoms with Crippen LogP contribution in [0.4, 0.5) is 0 Å². The number of aliphatic hydroxyl groups is 1. The SMILES string of the molecule is CCOC1CCCN(C2CCCCCC2O)C1. The first kappa shape index (κ1) is 13.3. The van der Waals surface area contributed by atoms with E-state index < -0.39 is 0 Å². The number of likely N-dealkylation sites (tertiary alicyclic amines) is 1. The molecule has 2 fully saturated rings. The fourth-order valence-electron chi connectivity index (χ4n) is 3.33. The minimum absolute atomic E-state index is 0.113. The summed E-state index contributed by atoms with van der Waals surface area (Å²) in [6.07, 6.45) is 8.59. The molecule has 0 aromatic rings. The quantitative estimate of drug-likeness (QED) is 0.769. The highest BCUT2D eigenvalue weighted by molar-refractivity contribution is 4.85. The second-order valence-corrected chi connectivity index (χ2v) is 5.49. The molecule has 0 spiro atoms. The van der Waals surface area contributed by atoms with E-state index in [-0.39, 0.29) is 6.10 Å². The van der Waals surface area contributed by atoms with E-state index in [0.29, 0.717) is 12.1 Å². The van der Waals surface area contributed by atoms with Crippen LogP contribution in [0.15, 0.2) is 0 Å². The standard InChI is InChI=1S/C14H27NO2/c1-2-17-12-7-6-10-15(11-12)13-8-4-3-5-9-14(13)16/h12-14,16H,2-11H2,1H3. The van der Waals surface area contributed by atoms with E-state index in [0.717, 1.165) is 26.1 Å². The van der Waals surface area contributed by atoms with Gasteiger partial charge in [0.25, 0.3) is 0 Å². The van der Waals surface area contributed by atoms with E-state index in [1.807, 2.05) is 0 Å². The van der Waals surface area contributed by atoms with Crippen molar-refractivity contribution in [3.63, 3.8) is 0 Å². The molecule has 17 heavy (non-hydrogen) atoms. The van der Waals surface area contributed by atoms with Crippen molar-refractivity contribution in [3.05, 3.63) is 0 Å². The van der Waals surface area contributed by atoms with Crippen LogP contribution in [0.25, 0.3) is 0 Å². The van der Waals surface area contributed by atoms with E-state index in [9.17, 15) is 5.11 Å². The van der Waals surface area contributed by atoms with E-state index in [4.69, 9.17) is 4.74 Å². The lowest BCUT2D eigenvalue weighted by molar-refractivity contribution is -0.0341. The molecule has 1 saturated carbocycles. The lowest BCUT2D eigenvalue weighted by Gasteiger charge is -2.39. The minimum atomic E-state index is -0.113. The van der Waals surface area contributed by atoms with Crippen molar-refractivity contribution in [2.24, 2.45) is 0 Å². The van der Waals surface area contributed by atoms with Crippen LogP contribution in [-0.4, -0.2) is 48.0 Å². The van der Waals surface area contributed by atoms with Gasteiger partial charge in [0.2, 0.25) is 0 Å². The Morgan fingerprint density at radius 1 is 1.12 bits per heavy atom. The van der Waals surface area contributed by atoms with Crippen LogP contribution in [0.2, 0.25) is 0 Å². The van der Waals surface area contributed by atoms with Crippen molar-refractivity contribution in [1.82, 2.24) is 4.90 Å². The van der Waals surface area contributed by atoms with Crippen molar-refractivity contribution >= 4 is 0 Å². The molecule has 1 saturated heterocycles. The van der Waals surface area contributed by atoms with Gasteiger partial charge in [-0.15, -0.1) is 0 Å². The Balaban J connectivity index is 1.90. The first-order valence-electron chi connectivity index (χ1n) is 7.35. The zero-order valence-corrected chi connectivity index (χ0v) is 11.1. The number of rotatable bonds is 3. The summed E-state index contributed by atoms with van der Waals surface area (Å²) in [6.45, 7) is 5.05. The van der Waals surface area contributed by atoms with Crippen LogP contribution in [0.5, 0.6) is 0 Å². The van der Waals surface area contributed by atoms with Gasteiger partial charge in [-0.1, -0.05) is 19.3 Å². The Morgan fingerprint density at radius 2 is 1.94 bits per heavy atom. The number of hydrogen-bond donors (Lipinski definition) is 1.